The van der Waals surface area contributed by atoms with Crippen molar-refractivity contribution in [3.63, 3.8) is 0 Å². The number of nitrogens with zero attached hydrogens (tertiary/aromatic N) is 6. The Morgan fingerprint density at radius 3 is 0.862 bits per heavy atom. The first kappa shape index (κ1) is 22.4. The minimum atomic E-state index is -7.01. The molecule has 2 aromatic rings. The van der Waals surface area contributed by atoms with Gasteiger partial charge in [-0.05, 0) is 0 Å². The van der Waals surface area contributed by atoms with Crippen molar-refractivity contribution < 1.29 is 43.9 Å². The molecule has 0 spiro atoms. The van der Waals surface area contributed by atoms with Crippen molar-refractivity contribution in [3.8, 4) is 0 Å². The molecule has 0 bridgehead atoms. The Hall–Kier alpha value is -2.85. The van der Waals surface area contributed by atoms with Crippen LogP contribution < -0.4 is 7.22 Å². The predicted molar refractivity (Wildman–Crippen MR) is 75.8 cm³/mol. The van der Waals surface area contributed by atoms with E-state index in [0.29, 0.717) is 0 Å². The van der Waals surface area contributed by atoms with Gasteiger partial charge in [0.15, 0.2) is 0 Å². The van der Waals surface area contributed by atoms with Crippen molar-refractivity contribution in [3.05, 3.63) is 79.1 Å². The molecule has 0 fully saturated rings. The average molecular weight is 546 g/mol. The zero-order valence-electron chi connectivity index (χ0n) is 12.9. The van der Waals surface area contributed by atoms with Crippen LogP contribution in [0, 0.1) is 58.2 Å². The van der Waals surface area contributed by atoms with Crippen LogP contribution in [0.5, 0.6) is 0 Å². The summed E-state index contributed by atoms with van der Waals surface area (Å²) in [5.74, 6) is -27.7. The molecule has 0 unspecified atom stereocenters. The van der Waals surface area contributed by atoms with Crippen LogP contribution in [0.1, 0.15) is 0 Å². The molecule has 0 saturated heterocycles. The Bertz CT molecular complexity index is 993. The molecule has 0 heterocycles. The van der Waals surface area contributed by atoms with Crippen molar-refractivity contribution in [1.82, 2.24) is 0 Å². The van der Waals surface area contributed by atoms with Crippen molar-refractivity contribution in [2.75, 3.05) is 0 Å². The standard InChI is InChI=1S/C12F10N6Te/c13-1-3(15)7(19)11(8(20)4(1)16)29(27-25-23,28-26-24)12-9(21)5(17)2(14)6(18)10(12)22. The molecule has 0 radical (unpaired) electrons. The second-order valence-electron chi connectivity index (χ2n) is 4.69. The Morgan fingerprint density at radius 1 is 0.448 bits per heavy atom. The van der Waals surface area contributed by atoms with Gasteiger partial charge in [-0.25, -0.2) is 0 Å². The van der Waals surface area contributed by atoms with Gasteiger partial charge in [-0.1, -0.05) is 0 Å². The predicted octanol–water partition coefficient (Wildman–Crippen LogP) is 4.25. The summed E-state index contributed by atoms with van der Waals surface area (Å²) in [5.41, 5.74) is 17.2. The van der Waals surface area contributed by atoms with Gasteiger partial charge in [0.05, 0.1) is 0 Å². The topological polar surface area (TPSA) is 97.5 Å². The molecule has 0 atom stereocenters. The second kappa shape index (κ2) is 7.88. The third kappa shape index (κ3) is 3.18. The van der Waals surface area contributed by atoms with Gasteiger partial charge in [-0.2, -0.15) is 0 Å². The van der Waals surface area contributed by atoms with Crippen LogP contribution >= 0.6 is 0 Å². The van der Waals surface area contributed by atoms with E-state index in [2.05, 4.69) is 6.73 Å². The van der Waals surface area contributed by atoms with Gasteiger partial charge in [-0.3, -0.25) is 0 Å². The number of benzene rings is 2. The first-order chi connectivity index (χ1) is 13.5. The first-order valence-corrected chi connectivity index (χ1v) is 10.9. The monoisotopic (exact) mass is 548 g/mol. The Morgan fingerprint density at radius 2 is 0.655 bits per heavy atom. The molecule has 154 valence electrons. The van der Waals surface area contributed by atoms with E-state index >= 15 is 0 Å². The molecule has 0 aliphatic carbocycles. The van der Waals surface area contributed by atoms with E-state index in [1.807, 2.05) is 9.82 Å². The fourth-order valence-electron chi connectivity index (χ4n) is 2.06. The number of halogens is 10. The summed E-state index contributed by atoms with van der Waals surface area (Å²) in [7, 11) is 0. The van der Waals surface area contributed by atoms with Crippen molar-refractivity contribution in [2.45, 2.75) is 0 Å². The number of hydrogen-bond acceptors (Lipinski definition) is 2. The molecule has 0 aliphatic rings. The van der Waals surface area contributed by atoms with Crippen LogP contribution in [-0.2, 0) is 0 Å². The number of rotatable bonds is 4. The summed E-state index contributed by atoms with van der Waals surface area (Å²) < 4.78 is 138. The Kier molecular flexibility index (Phi) is 6.10. The van der Waals surface area contributed by atoms with Gasteiger partial charge < -0.3 is 0 Å². The fraction of sp³-hybridized carbons (Fsp3) is 0. The van der Waals surface area contributed by atoms with E-state index < -0.39 is 84.1 Å². The van der Waals surface area contributed by atoms with Crippen molar-refractivity contribution >= 4 is 25.9 Å². The van der Waals surface area contributed by atoms with Crippen molar-refractivity contribution in [2.24, 2.45) is 6.73 Å². The van der Waals surface area contributed by atoms with Crippen LogP contribution in [0.2, 0.25) is 0 Å². The summed E-state index contributed by atoms with van der Waals surface area (Å²) in [4.78, 5) is 3.82. The summed E-state index contributed by atoms with van der Waals surface area (Å²) in [6, 6.07) is 0. The molecule has 0 aliphatic heterocycles. The molecular weight excluding hydrogens is 546 g/mol. The molecule has 2 rings (SSSR count). The second-order valence-corrected chi connectivity index (χ2v) is 11.1. The molecule has 0 N–H and O–H groups in total. The first-order valence-electron chi connectivity index (χ1n) is 6.46. The molecule has 0 saturated carbocycles. The zero-order chi connectivity index (χ0) is 22.3. The van der Waals surface area contributed by atoms with E-state index in [-0.39, 0.29) is 0 Å². The van der Waals surface area contributed by atoms with Crippen LogP contribution in [0.4, 0.5) is 43.9 Å². The van der Waals surface area contributed by atoms with Crippen molar-refractivity contribution in [1.29, 1.82) is 0 Å². The van der Waals surface area contributed by atoms with Crippen LogP contribution in [0.25, 0.3) is 20.9 Å². The van der Waals surface area contributed by atoms with Gasteiger partial charge in [0.25, 0.3) is 0 Å². The van der Waals surface area contributed by atoms with Crippen LogP contribution in [0.3, 0.4) is 0 Å². The normalized spacial score (nSPS) is 11.7. The summed E-state index contributed by atoms with van der Waals surface area (Å²) in [6.45, 7) is 0. The Balaban J connectivity index is 3.28. The van der Waals surface area contributed by atoms with Gasteiger partial charge in [0, 0.05) is 0 Å². The number of azide groups is 1. The number of hydrogen-bond donors (Lipinski definition) is 0. The Labute approximate surface area is 156 Å². The molecule has 0 aromatic heterocycles. The third-order valence-electron chi connectivity index (χ3n) is 3.22. The third-order valence-corrected chi connectivity index (χ3v) is 10.3. The maximum atomic E-state index is 14.2. The maximum absolute atomic E-state index is 14.2. The van der Waals surface area contributed by atoms with E-state index in [9.17, 15) is 43.9 Å². The van der Waals surface area contributed by atoms with Gasteiger partial charge >= 0.3 is 156 Å². The van der Waals surface area contributed by atoms with Gasteiger partial charge in [-0.15, -0.1) is 0 Å². The zero-order valence-corrected chi connectivity index (χ0v) is 15.2. The summed E-state index contributed by atoms with van der Waals surface area (Å²) in [6.07, 6.45) is 0. The van der Waals surface area contributed by atoms with E-state index in [1.165, 1.54) is 0 Å². The van der Waals surface area contributed by atoms with E-state index in [1.54, 1.807) is 0 Å². The molecule has 17 heteroatoms. The van der Waals surface area contributed by atoms with Crippen LogP contribution in [0.15, 0.2) is 6.73 Å². The molecular formula is C12F10N6Te. The molecule has 2 aromatic carbocycles. The quantitative estimate of drug-likeness (QED) is 0.104. The summed E-state index contributed by atoms with van der Waals surface area (Å²) in [5, 5.41) is 0. The van der Waals surface area contributed by atoms with E-state index in [4.69, 9.17) is 11.1 Å². The summed E-state index contributed by atoms with van der Waals surface area (Å²) >= 11 is -7.01. The molecule has 29 heavy (non-hydrogen) atoms. The molecule has 6 nitrogen and oxygen atoms in total. The average Bonchev–Trinajstić information content (AvgIpc) is 2.68. The van der Waals surface area contributed by atoms with Gasteiger partial charge in [0.1, 0.15) is 0 Å². The SMILES string of the molecule is [N-]=[N+]=N[Te](N=[N+]=[N-])(c1c(F)c(F)c(F)c(F)c1F)c1c(F)c(F)c(F)c(F)c1F. The minimum absolute atomic E-state index is 1.91. The van der Waals surface area contributed by atoms with E-state index in [0.717, 1.165) is 0 Å². The fourth-order valence-corrected chi connectivity index (χ4v) is 8.14. The van der Waals surface area contributed by atoms with Crippen LogP contribution in [-0.4, -0.2) is 18.7 Å². The molecule has 0 amide bonds. The van der Waals surface area contributed by atoms with Gasteiger partial charge in [0.2, 0.25) is 0 Å².